The van der Waals surface area contributed by atoms with Crippen LogP contribution >= 0.6 is 31.3 Å². The van der Waals surface area contributed by atoms with E-state index in [2.05, 4.69) is 46.7 Å². The van der Waals surface area contributed by atoms with Crippen molar-refractivity contribution in [2.45, 2.75) is 111 Å². The Morgan fingerprint density at radius 3 is 1.97 bits per heavy atom. The van der Waals surface area contributed by atoms with Crippen molar-refractivity contribution in [2.75, 3.05) is 71.6 Å². The number of methoxy groups -OCH3 is 1. The summed E-state index contributed by atoms with van der Waals surface area (Å²) in [6.45, 7) is 2.16. The number of aromatic amines is 1. The minimum Gasteiger partial charge on any atom is -0.382 e. The van der Waals surface area contributed by atoms with Crippen molar-refractivity contribution in [1.82, 2.24) is 51.7 Å². The zero-order valence-electron chi connectivity index (χ0n) is 37.2. The Hall–Kier alpha value is -3.94. The van der Waals surface area contributed by atoms with Crippen molar-refractivity contribution in [3.05, 3.63) is 38.7 Å². The fourth-order valence-corrected chi connectivity index (χ4v) is 12.4. The number of thioether (sulfide) groups is 2. The van der Waals surface area contributed by atoms with Gasteiger partial charge in [0.15, 0.2) is 0 Å². The van der Waals surface area contributed by atoms with Gasteiger partial charge < -0.3 is 51.6 Å². The van der Waals surface area contributed by atoms with Gasteiger partial charge in [-0.25, -0.2) is 18.9 Å². The topological polar surface area (TPSA) is 302 Å². The second kappa shape index (κ2) is 24.9. The van der Waals surface area contributed by atoms with Crippen molar-refractivity contribution in [1.29, 1.82) is 0 Å². The smallest absolute Gasteiger partial charge is 0.382 e. The molecule has 9 N–H and O–H groups in total. The molecule has 23 nitrogen and oxygen atoms in total. The molecule has 5 aliphatic rings. The number of phosphoric acid groups is 1. The van der Waals surface area contributed by atoms with Gasteiger partial charge in [0.05, 0.1) is 36.3 Å². The van der Waals surface area contributed by atoms with E-state index in [0.29, 0.717) is 56.1 Å². The molecule has 0 spiro atoms. The average Bonchev–Trinajstić information content (AvgIpc) is 4.10. The molecular formula is C40H63N10O13PS2. The van der Waals surface area contributed by atoms with E-state index in [1.807, 2.05) is 28.4 Å². The Balaban J connectivity index is 0.948. The summed E-state index contributed by atoms with van der Waals surface area (Å²) in [4.78, 5) is 101. The molecule has 5 fully saturated rings. The number of nitrogens with zero attached hydrogens (tertiary/aromatic N) is 2. The van der Waals surface area contributed by atoms with Gasteiger partial charge in [-0.05, 0) is 31.8 Å². The molecule has 368 valence electrons. The lowest BCUT2D eigenvalue weighted by molar-refractivity contribution is -0.121. The van der Waals surface area contributed by atoms with E-state index in [4.69, 9.17) is 14.0 Å². The van der Waals surface area contributed by atoms with Gasteiger partial charge in [0.25, 0.3) is 5.56 Å². The lowest BCUT2D eigenvalue weighted by atomic mass is 10.0. The van der Waals surface area contributed by atoms with Crippen LogP contribution in [0.3, 0.4) is 0 Å². The third kappa shape index (κ3) is 15.0. The molecular weight excluding hydrogens is 924 g/mol. The molecule has 26 heteroatoms. The highest BCUT2D eigenvalue weighted by molar-refractivity contribution is 8.00. The minimum atomic E-state index is -4.41. The highest BCUT2D eigenvalue weighted by Crippen LogP contribution is 2.47. The zero-order chi connectivity index (χ0) is 47.2. The van der Waals surface area contributed by atoms with E-state index in [1.165, 1.54) is 19.4 Å². The van der Waals surface area contributed by atoms with Crippen molar-refractivity contribution < 1.29 is 52.0 Å². The van der Waals surface area contributed by atoms with Crippen LogP contribution in [0.4, 0.5) is 9.59 Å². The molecule has 5 saturated heterocycles. The van der Waals surface area contributed by atoms with Crippen LogP contribution in [0.25, 0.3) is 6.08 Å². The molecule has 0 aliphatic carbocycles. The SMILES string of the molecule is COCC1OC(n2cc(/C=C/C(=O)NCCN(CCNC(=O)CCCCC3SCC4NC(=O)NC43)CCNC(=O)CCCCC3SCC4NC(=O)NC43)c(=O)[nH]c2=O)CC1OP(=O)(O)OC. The standard InChI is InChI=1S/C40H63N10O13PS2/c1-60-21-28-27(63-64(58,59)61-2)19-34(62-28)50-20-24(37(54)48-40(50)57)11-12-33(53)43-15-18-49(16-13-41-31(51)9-5-3-7-29-35-25(22-65-29)44-38(55)46-35)17-14-42-32(52)10-6-4-8-30-36-26(23-66-30)45-39(56)47-36/h11-12,20,25-30,34-36H,3-10,13-19,21-23H2,1-2H3,(H,41,51)(H,42,52)(H,43,53)(H,58,59)(H2,44,46,55)(H2,45,47,56)(H,48,54,57)/b12-11+. The van der Waals surface area contributed by atoms with Gasteiger partial charge in [-0.3, -0.25) is 42.7 Å². The number of aromatic nitrogens is 2. The van der Waals surface area contributed by atoms with Gasteiger partial charge >= 0.3 is 25.6 Å². The molecule has 6 heterocycles. The van der Waals surface area contributed by atoms with Crippen LogP contribution in [-0.4, -0.2) is 168 Å². The Kier molecular flexibility index (Phi) is 19.4. The molecule has 1 aromatic heterocycles. The third-order valence-electron chi connectivity index (χ3n) is 12.1. The molecule has 0 aromatic carbocycles. The number of nitrogens with one attached hydrogen (secondary N) is 8. The monoisotopic (exact) mass is 986 g/mol. The molecule has 0 radical (unpaired) electrons. The van der Waals surface area contributed by atoms with E-state index in [9.17, 15) is 43.0 Å². The van der Waals surface area contributed by atoms with E-state index in [0.717, 1.165) is 67.8 Å². The first kappa shape index (κ1) is 51.5. The van der Waals surface area contributed by atoms with E-state index >= 15 is 0 Å². The predicted octanol–water partition coefficient (Wildman–Crippen LogP) is -0.282. The normalized spacial score (nSPS) is 27.5. The highest BCUT2D eigenvalue weighted by atomic mass is 32.2. The quantitative estimate of drug-likeness (QED) is 0.0237. The summed E-state index contributed by atoms with van der Waals surface area (Å²) < 4.78 is 33.9. The second-order valence-electron chi connectivity index (χ2n) is 16.8. The number of carbonyl (C=O) groups excluding carboxylic acids is 5. The number of ether oxygens (including phenoxy) is 2. The maximum absolute atomic E-state index is 12.9. The fraction of sp³-hybridized carbons (Fsp3) is 0.725. The van der Waals surface area contributed by atoms with Crippen molar-refractivity contribution in [2.24, 2.45) is 0 Å². The number of H-pyrrole nitrogens is 1. The number of unbranched alkanes of at least 4 members (excludes halogenated alkanes) is 2. The largest absolute Gasteiger partial charge is 0.472 e. The summed E-state index contributed by atoms with van der Waals surface area (Å²) in [5.74, 6) is 1.11. The van der Waals surface area contributed by atoms with Gasteiger partial charge in [0.2, 0.25) is 17.7 Å². The number of urea groups is 2. The lowest BCUT2D eigenvalue weighted by Gasteiger charge is -2.23. The summed E-state index contributed by atoms with van der Waals surface area (Å²) in [6, 6.07) is 0.349. The average molecular weight is 987 g/mol. The van der Waals surface area contributed by atoms with Crippen LogP contribution in [0.1, 0.15) is 69.6 Å². The van der Waals surface area contributed by atoms with Crippen LogP contribution in [0.5, 0.6) is 0 Å². The van der Waals surface area contributed by atoms with Crippen LogP contribution in [0, 0.1) is 0 Å². The van der Waals surface area contributed by atoms with Gasteiger partial charge in [0.1, 0.15) is 18.4 Å². The Morgan fingerprint density at radius 2 is 1.42 bits per heavy atom. The molecule has 10 atom stereocenters. The Bertz CT molecular complexity index is 2000. The zero-order valence-corrected chi connectivity index (χ0v) is 39.7. The first-order valence-corrected chi connectivity index (χ1v) is 26.0. The third-order valence-corrected chi connectivity index (χ3v) is 16.1. The summed E-state index contributed by atoms with van der Waals surface area (Å²) in [6.07, 6.45) is 6.49. The molecule has 0 bridgehead atoms. The number of carbonyl (C=O) groups is 5. The number of fused-ring (bicyclic) bond motifs is 2. The van der Waals surface area contributed by atoms with Crippen LogP contribution in [-0.2, 0) is 37.5 Å². The fourth-order valence-electron chi connectivity index (χ4n) is 8.67. The summed E-state index contributed by atoms with van der Waals surface area (Å²) in [5, 5.41) is 21.3. The van der Waals surface area contributed by atoms with Gasteiger partial charge in [-0.15, -0.1) is 0 Å². The number of phosphoric ester groups is 1. The maximum Gasteiger partial charge on any atom is 0.472 e. The molecule has 1 aromatic rings. The number of hydrogen-bond donors (Lipinski definition) is 9. The van der Waals surface area contributed by atoms with Crippen molar-refractivity contribution in [3.63, 3.8) is 0 Å². The Morgan fingerprint density at radius 1 is 0.864 bits per heavy atom. The van der Waals surface area contributed by atoms with Gasteiger partial charge in [0, 0.05) is 107 Å². The first-order valence-electron chi connectivity index (χ1n) is 22.4. The number of hydrogen-bond acceptors (Lipinski definition) is 15. The van der Waals surface area contributed by atoms with E-state index in [-0.39, 0.29) is 73.2 Å². The molecule has 6 rings (SSSR count). The van der Waals surface area contributed by atoms with Crippen LogP contribution in [0.2, 0.25) is 0 Å². The molecule has 5 aliphatic heterocycles. The summed E-state index contributed by atoms with van der Waals surface area (Å²) in [5.41, 5.74) is -1.59. The maximum atomic E-state index is 12.9. The molecule has 10 unspecified atom stereocenters. The molecule has 0 saturated carbocycles. The van der Waals surface area contributed by atoms with Crippen molar-refractivity contribution in [3.8, 4) is 0 Å². The second-order valence-corrected chi connectivity index (χ2v) is 20.8. The highest BCUT2D eigenvalue weighted by Gasteiger charge is 2.44. The van der Waals surface area contributed by atoms with Crippen LogP contribution < -0.4 is 48.5 Å². The molecule has 66 heavy (non-hydrogen) atoms. The summed E-state index contributed by atoms with van der Waals surface area (Å²) >= 11 is 3.69. The van der Waals surface area contributed by atoms with Crippen LogP contribution in [0.15, 0.2) is 21.9 Å². The van der Waals surface area contributed by atoms with Gasteiger partial charge in [-0.1, -0.05) is 12.8 Å². The van der Waals surface area contributed by atoms with E-state index in [1.54, 1.807) is 0 Å². The lowest BCUT2D eigenvalue weighted by Crippen LogP contribution is -2.42. The Labute approximate surface area is 390 Å². The van der Waals surface area contributed by atoms with Crippen molar-refractivity contribution >= 4 is 67.2 Å². The predicted molar refractivity (Wildman–Crippen MR) is 246 cm³/mol. The minimum absolute atomic E-state index is 0.0245. The summed E-state index contributed by atoms with van der Waals surface area (Å²) in [7, 11) is -1.99. The van der Waals surface area contributed by atoms with E-state index < -0.39 is 43.4 Å². The molecule has 7 amide bonds. The van der Waals surface area contributed by atoms with Gasteiger partial charge in [-0.2, -0.15) is 23.5 Å². The number of rotatable bonds is 27. The first-order chi connectivity index (χ1) is 31.7. The number of amides is 7.